The molecule has 1 aromatic heterocycles. The first-order valence-electron chi connectivity index (χ1n) is 8.01. The van der Waals surface area contributed by atoms with Gasteiger partial charge in [0.15, 0.2) is 0 Å². The van der Waals surface area contributed by atoms with Crippen molar-refractivity contribution in [1.29, 1.82) is 0 Å². The van der Waals surface area contributed by atoms with Crippen molar-refractivity contribution in [3.8, 4) is 11.6 Å². The lowest BCUT2D eigenvalue weighted by Gasteiger charge is -2.11. The van der Waals surface area contributed by atoms with Gasteiger partial charge in [0.05, 0.1) is 12.4 Å². The minimum absolute atomic E-state index is 0.266. The van der Waals surface area contributed by atoms with E-state index in [-0.39, 0.29) is 11.6 Å². The Morgan fingerprint density at radius 1 is 1.09 bits per heavy atom. The molecule has 0 fully saturated rings. The van der Waals surface area contributed by atoms with E-state index in [0.717, 1.165) is 31.4 Å². The molecule has 1 heterocycles. The fourth-order valence-electron chi connectivity index (χ4n) is 2.42. The van der Waals surface area contributed by atoms with Crippen molar-refractivity contribution < 1.29 is 9.53 Å². The summed E-state index contributed by atoms with van der Waals surface area (Å²) in [4.78, 5) is 19.6. The van der Waals surface area contributed by atoms with E-state index < -0.39 is 0 Å². The predicted octanol–water partition coefficient (Wildman–Crippen LogP) is 3.53. The number of ether oxygens (including phenoxy) is 1. The van der Waals surface area contributed by atoms with Crippen LogP contribution in [0.1, 0.15) is 48.3 Å². The number of hydrogen-bond donors (Lipinski definition) is 1. The van der Waals surface area contributed by atoms with Gasteiger partial charge in [-0.2, -0.15) is 0 Å². The number of carbonyl (C=O) groups is 1. The lowest BCUT2D eigenvalue weighted by Crippen LogP contribution is -2.19. The Kier molecular flexibility index (Phi) is 6.09. The molecule has 0 saturated heterocycles. The Morgan fingerprint density at radius 3 is 2.43 bits per heavy atom. The van der Waals surface area contributed by atoms with Crippen LogP contribution < -0.4 is 10.1 Å². The molecule has 2 rings (SSSR count). The van der Waals surface area contributed by atoms with E-state index in [1.165, 1.54) is 23.5 Å². The number of rotatable bonds is 7. The summed E-state index contributed by atoms with van der Waals surface area (Å²) >= 11 is 0. The summed E-state index contributed by atoms with van der Waals surface area (Å²) < 4.78 is 5.76. The molecule has 0 aliphatic rings. The standard InChI is InChI=1S/C18H23N3O2/c1-4-6-13-8-9-15(10-14(13)7-5-2)23-17-12-20-16(11-21-17)18(22)19-3/h8-12H,4-7H2,1-3H3,(H,19,22). The predicted molar refractivity (Wildman–Crippen MR) is 89.9 cm³/mol. The Labute approximate surface area is 137 Å². The van der Waals surface area contributed by atoms with Gasteiger partial charge in [-0.05, 0) is 36.1 Å². The van der Waals surface area contributed by atoms with Gasteiger partial charge in [0.2, 0.25) is 5.88 Å². The zero-order valence-corrected chi connectivity index (χ0v) is 13.9. The molecular weight excluding hydrogens is 290 g/mol. The normalized spacial score (nSPS) is 10.4. The van der Waals surface area contributed by atoms with Gasteiger partial charge in [-0.25, -0.2) is 9.97 Å². The molecule has 5 nitrogen and oxygen atoms in total. The molecule has 0 atom stereocenters. The number of nitrogens with zero attached hydrogens (tertiary/aromatic N) is 2. The van der Waals surface area contributed by atoms with Crippen molar-refractivity contribution in [2.45, 2.75) is 39.5 Å². The van der Waals surface area contributed by atoms with Gasteiger partial charge in [-0.3, -0.25) is 4.79 Å². The van der Waals surface area contributed by atoms with Gasteiger partial charge in [0, 0.05) is 7.05 Å². The summed E-state index contributed by atoms with van der Waals surface area (Å²) in [6, 6.07) is 6.15. The molecule has 1 aromatic carbocycles. The van der Waals surface area contributed by atoms with E-state index in [9.17, 15) is 4.79 Å². The van der Waals surface area contributed by atoms with Gasteiger partial charge in [-0.1, -0.05) is 32.8 Å². The van der Waals surface area contributed by atoms with Gasteiger partial charge in [-0.15, -0.1) is 0 Å². The second-order valence-corrected chi connectivity index (χ2v) is 5.35. The fraction of sp³-hybridized carbons (Fsp3) is 0.389. The fourth-order valence-corrected chi connectivity index (χ4v) is 2.42. The van der Waals surface area contributed by atoms with Gasteiger partial charge in [0.25, 0.3) is 5.91 Å². The van der Waals surface area contributed by atoms with E-state index in [0.29, 0.717) is 5.88 Å². The van der Waals surface area contributed by atoms with Crippen LogP contribution in [0.5, 0.6) is 11.6 Å². The highest BCUT2D eigenvalue weighted by Gasteiger charge is 2.08. The topological polar surface area (TPSA) is 64.1 Å². The zero-order valence-electron chi connectivity index (χ0n) is 13.9. The Bertz CT molecular complexity index is 654. The lowest BCUT2D eigenvalue weighted by molar-refractivity contribution is 0.0957. The molecular formula is C18H23N3O2. The Hall–Kier alpha value is -2.43. The van der Waals surface area contributed by atoms with Gasteiger partial charge in [0.1, 0.15) is 11.4 Å². The van der Waals surface area contributed by atoms with Gasteiger partial charge < -0.3 is 10.1 Å². The number of hydrogen-bond acceptors (Lipinski definition) is 4. The summed E-state index contributed by atoms with van der Waals surface area (Å²) in [6.07, 6.45) is 7.21. The highest BCUT2D eigenvalue weighted by molar-refractivity contribution is 5.91. The van der Waals surface area contributed by atoms with E-state index >= 15 is 0 Å². The maximum absolute atomic E-state index is 11.4. The number of aryl methyl sites for hydroxylation is 2. The second-order valence-electron chi connectivity index (χ2n) is 5.35. The lowest BCUT2D eigenvalue weighted by atomic mass is 9.99. The molecule has 2 aromatic rings. The summed E-state index contributed by atoms with van der Waals surface area (Å²) in [5.41, 5.74) is 2.97. The van der Waals surface area contributed by atoms with E-state index in [1.54, 1.807) is 7.05 Å². The average molecular weight is 313 g/mol. The van der Waals surface area contributed by atoms with Gasteiger partial charge >= 0.3 is 0 Å². The summed E-state index contributed by atoms with van der Waals surface area (Å²) in [6.45, 7) is 4.36. The Morgan fingerprint density at radius 2 is 1.83 bits per heavy atom. The molecule has 0 unspecified atom stereocenters. The SMILES string of the molecule is CCCc1ccc(Oc2cnc(C(=O)NC)cn2)cc1CCC. The third kappa shape index (κ3) is 4.52. The van der Waals surface area contributed by atoms with E-state index in [1.807, 2.05) is 6.07 Å². The van der Waals surface area contributed by atoms with Crippen LogP contribution in [-0.4, -0.2) is 22.9 Å². The van der Waals surface area contributed by atoms with Crippen LogP contribution in [0.15, 0.2) is 30.6 Å². The highest BCUT2D eigenvalue weighted by atomic mass is 16.5. The van der Waals surface area contributed by atoms with E-state index in [4.69, 9.17) is 4.74 Å². The third-order valence-electron chi connectivity index (χ3n) is 3.53. The molecule has 0 aliphatic carbocycles. The minimum Gasteiger partial charge on any atom is -0.437 e. The first-order valence-corrected chi connectivity index (χ1v) is 8.01. The molecule has 0 aliphatic heterocycles. The highest BCUT2D eigenvalue weighted by Crippen LogP contribution is 2.24. The van der Waals surface area contributed by atoms with Crippen LogP contribution in [0, 0.1) is 0 Å². The van der Waals surface area contributed by atoms with Crippen LogP contribution in [0.2, 0.25) is 0 Å². The number of benzene rings is 1. The first-order chi connectivity index (χ1) is 11.2. The summed E-state index contributed by atoms with van der Waals surface area (Å²) in [5.74, 6) is 0.858. The number of amides is 1. The maximum Gasteiger partial charge on any atom is 0.271 e. The molecule has 23 heavy (non-hydrogen) atoms. The third-order valence-corrected chi connectivity index (χ3v) is 3.53. The summed E-state index contributed by atoms with van der Waals surface area (Å²) in [5, 5.41) is 2.51. The van der Waals surface area contributed by atoms with E-state index in [2.05, 4.69) is 41.3 Å². The van der Waals surface area contributed by atoms with Crippen molar-refractivity contribution in [1.82, 2.24) is 15.3 Å². The Balaban J connectivity index is 2.16. The van der Waals surface area contributed by atoms with Crippen LogP contribution in [0.3, 0.4) is 0 Å². The van der Waals surface area contributed by atoms with Crippen molar-refractivity contribution in [3.05, 3.63) is 47.4 Å². The van der Waals surface area contributed by atoms with Crippen molar-refractivity contribution >= 4 is 5.91 Å². The average Bonchev–Trinajstić information content (AvgIpc) is 2.57. The molecule has 122 valence electrons. The largest absolute Gasteiger partial charge is 0.437 e. The summed E-state index contributed by atoms with van der Waals surface area (Å²) in [7, 11) is 1.56. The second kappa shape index (κ2) is 8.27. The molecule has 1 amide bonds. The molecule has 0 saturated carbocycles. The smallest absolute Gasteiger partial charge is 0.271 e. The molecule has 0 spiro atoms. The van der Waals surface area contributed by atoms with Crippen molar-refractivity contribution in [2.75, 3.05) is 7.05 Å². The van der Waals surface area contributed by atoms with Crippen LogP contribution in [0.25, 0.3) is 0 Å². The van der Waals surface area contributed by atoms with Crippen molar-refractivity contribution in [2.24, 2.45) is 0 Å². The molecule has 5 heteroatoms. The quantitative estimate of drug-likeness (QED) is 0.849. The molecule has 0 bridgehead atoms. The minimum atomic E-state index is -0.266. The zero-order chi connectivity index (χ0) is 16.7. The van der Waals surface area contributed by atoms with Crippen molar-refractivity contribution in [3.63, 3.8) is 0 Å². The number of carbonyl (C=O) groups excluding carboxylic acids is 1. The number of nitrogens with one attached hydrogen (secondary N) is 1. The number of aromatic nitrogens is 2. The monoisotopic (exact) mass is 313 g/mol. The molecule has 0 radical (unpaired) electrons. The van der Waals surface area contributed by atoms with Crippen LogP contribution >= 0.6 is 0 Å². The molecule has 1 N–H and O–H groups in total. The van der Waals surface area contributed by atoms with Crippen LogP contribution in [0.4, 0.5) is 0 Å². The van der Waals surface area contributed by atoms with Crippen LogP contribution in [-0.2, 0) is 12.8 Å². The first kappa shape index (κ1) is 16.9. The maximum atomic E-state index is 11.4.